The minimum absolute atomic E-state index is 0.164. The van der Waals surface area contributed by atoms with Crippen LogP contribution in [-0.2, 0) is 19.2 Å². The molecule has 0 heterocycles. The number of carbonyl (C=O) groups excluding carboxylic acids is 2. The van der Waals surface area contributed by atoms with Crippen molar-refractivity contribution in [1.82, 2.24) is 5.32 Å². The van der Waals surface area contributed by atoms with E-state index in [-0.39, 0.29) is 5.91 Å². The van der Waals surface area contributed by atoms with Gasteiger partial charge in [0, 0.05) is 12.8 Å². The van der Waals surface area contributed by atoms with Crippen LogP contribution in [0.5, 0.6) is 0 Å². The zero-order chi connectivity index (χ0) is 23.6. The van der Waals surface area contributed by atoms with E-state index in [0.29, 0.717) is 19.3 Å². The molecule has 0 aliphatic heterocycles. The maximum Gasteiger partial charge on any atom is 0.326 e. The molecule has 0 aliphatic rings. The van der Waals surface area contributed by atoms with Crippen LogP contribution in [0.4, 0.5) is 0 Å². The molecule has 0 rings (SSSR count). The summed E-state index contributed by atoms with van der Waals surface area (Å²) in [6, 6.07) is -0.764. The van der Waals surface area contributed by atoms with E-state index >= 15 is 0 Å². The number of carboxylic acid groups (broad SMARTS) is 2. The third-order valence-electron chi connectivity index (χ3n) is 4.59. The van der Waals surface area contributed by atoms with E-state index in [4.69, 9.17) is 15.0 Å². The monoisotopic (exact) mass is 431 g/mol. The Labute approximate surface area is 183 Å². The summed E-state index contributed by atoms with van der Waals surface area (Å²) in [5.41, 5.74) is 0. The SMILES string of the molecule is C=O.CC.CC[C@H](NC(=O)CCCCCCCCCCCCCCC(=O)O)C(=O)O. The van der Waals surface area contributed by atoms with Crippen LogP contribution in [0, 0.1) is 0 Å². The van der Waals surface area contributed by atoms with Gasteiger partial charge in [-0.3, -0.25) is 9.59 Å². The van der Waals surface area contributed by atoms with Crippen LogP contribution >= 0.6 is 0 Å². The first-order valence-corrected chi connectivity index (χ1v) is 11.5. The fourth-order valence-electron chi connectivity index (χ4n) is 2.93. The highest BCUT2D eigenvalue weighted by Crippen LogP contribution is 2.13. The van der Waals surface area contributed by atoms with Crippen molar-refractivity contribution < 1.29 is 29.4 Å². The number of hydrogen-bond acceptors (Lipinski definition) is 4. The summed E-state index contributed by atoms with van der Waals surface area (Å²) in [7, 11) is 0. The van der Waals surface area contributed by atoms with Gasteiger partial charge in [-0.2, -0.15) is 0 Å². The van der Waals surface area contributed by atoms with Gasteiger partial charge in [0.25, 0.3) is 0 Å². The van der Waals surface area contributed by atoms with Crippen molar-refractivity contribution in [2.75, 3.05) is 0 Å². The van der Waals surface area contributed by atoms with E-state index < -0.39 is 18.0 Å². The molecule has 30 heavy (non-hydrogen) atoms. The summed E-state index contributed by atoms with van der Waals surface area (Å²) in [5.74, 6) is -1.83. The first-order valence-electron chi connectivity index (χ1n) is 11.5. The molecule has 0 aliphatic carbocycles. The predicted octanol–water partition coefficient (Wildman–Crippen LogP) is 5.35. The topological polar surface area (TPSA) is 121 Å². The van der Waals surface area contributed by atoms with Gasteiger partial charge in [-0.05, 0) is 19.3 Å². The number of unbranched alkanes of at least 4 members (excludes halogenated alkanes) is 11. The molecule has 0 spiro atoms. The first-order chi connectivity index (χ1) is 14.5. The molecular weight excluding hydrogens is 386 g/mol. The molecule has 0 aromatic heterocycles. The largest absolute Gasteiger partial charge is 0.481 e. The highest BCUT2D eigenvalue weighted by Gasteiger charge is 2.16. The third kappa shape index (κ3) is 26.1. The Balaban J connectivity index is -0.00000171. The Morgan fingerprint density at radius 2 is 1.03 bits per heavy atom. The highest BCUT2D eigenvalue weighted by molar-refractivity contribution is 5.83. The van der Waals surface area contributed by atoms with Crippen molar-refractivity contribution in [1.29, 1.82) is 0 Å². The zero-order valence-corrected chi connectivity index (χ0v) is 19.4. The van der Waals surface area contributed by atoms with Gasteiger partial charge in [-0.15, -0.1) is 0 Å². The van der Waals surface area contributed by atoms with Crippen LogP contribution in [0.25, 0.3) is 0 Å². The summed E-state index contributed by atoms with van der Waals surface area (Å²) in [6.45, 7) is 7.75. The molecule has 0 aromatic rings. The van der Waals surface area contributed by atoms with Gasteiger partial charge in [-0.1, -0.05) is 85.0 Å². The third-order valence-corrected chi connectivity index (χ3v) is 4.59. The van der Waals surface area contributed by atoms with E-state index in [1.165, 1.54) is 38.5 Å². The average molecular weight is 432 g/mol. The smallest absolute Gasteiger partial charge is 0.326 e. The lowest BCUT2D eigenvalue weighted by atomic mass is 10.0. The van der Waals surface area contributed by atoms with E-state index in [9.17, 15) is 14.4 Å². The quantitative estimate of drug-likeness (QED) is 0.251. The Kier molecular flexibility index (Phi) is 29.6. The predicted molar refractivity (Wildman–Crippen MR) is 121 cm³/mol. The molecular formula is C23H45NO6. The Morgan fingerprint density at radius 3 is 1.33 bits per heavy atom. The van der Waals surface area contributed by atoms with Gasteiger partial charge >= 0.3 is 11.9 Å². The minimum Gasteiger partial charge on any atom is -0.481 e. The molecule has 0 saturated heterocycles. The van der Waals surface area contributed by atoms with Crippen LogP contribution in [-0.4, -0.2) is 40.9 Å². The van der Waals surface area contributed by atoms with E-state index in [1.807, 2.05) is 20.6 Å². The van der Waals surface area contributed by atoms with Crippen molar-refractivity contribution in [2.24, 2.45) is 0 Å². The number of hydrogen-bond donors (Lipinski definition) is 3. The second-order valence-corrected chi connectivity index (χ2v) is 7.00. The highest BCUT2D eigenvalue weighted by atomic mass is 16.4. The van der Waals surface area contributed by atoms with Crippen LogP contribution in [0.1, 0.15) is 117 Å². The number of amides is 1. The van der Waals surface area contributed by atoms with Crippen LogP contribution in [0.2, 0.25) is 0 Å². The Morgan fingerprint density at radius 1 is 0.700 bits per heavy atom. The maximum atomic E-state index is 11.6. The van der Waals surface area contributed by atoms with Gasteiger partial charge in [0.05, 0.1) is 0 Å². The average Bonchev–Trinajstić information content (AvgIpc) is 2.74. The number of carbonyl (C=O) groups is 4. The second kappa shape index (κ2) is 27.1. The molecule has 7 nitrogen and oxygen atoms in total. The number of nitrogens with one attached hydrogen (secondary N) is 1. The molecule has 0 aromatic carbocycles. The standard InChI is InChI=1S/C20H37NO5.C2H6.CH2O/c1-2-17(20(25)26)21-18(22)15-13-11-9-7-5-3-4-6-8-10-12-14-16-19(23)24;2*1-2/h17H,2-16H2,1H3,(H,21,22)(H,23,24)(H,25,26);1-2H3;1H2/t17-;;/m0../s1. The number of rotatable bonds is 18. The van der Waals surface area contributed by atoms with Crippen LogP contribution in [0.15, 0.2) is 0 Å². The van der Waals surface area contributed by atoms with Gasteiger partial charge in [0.2, 0.25) is 5.91 Å². The van der Waals surface area contributed by atoms with Crippen LogP contribution in [0.3, 0.4) is 0 Å². The molecule has 0 unspecified atom stereocenters. The number of carboxylic acids is 2. The maximum absolute atomic E-state index is 11.6. The molecule has 0 radical (unpaired) electrons. The van der Waals surface area contributed by atoms with Gasteiger partial charge in [-0.25, -0.2) is 4.79 Å². The minimum atomic E-state index is -0.971. The number of aliphatic carboxylic acids is 2. The van der Waals surface area contributed by atoms with E-state index in [1.54, 1.807) is 6.92 Å². The van der Waals surface area contributed by atoms with Crippen molar-refractivity contribution >= 4 is 24.6 Å². The summed E-state index contributed by atoms with van der Waals surface area (Å²) >= 11 is 0. The first kappa shape index (κ1) is 32.7. The lowest BCUT2D eigenvalue weighted by molar-refractivity contribution is -0.142. The van der Waals surface area contributed by atoms with Gasteiger partial charge < -0.3 is 20.3 Å². The summed E-state index contributed by atoms with van der Waals surface area (Å²) in [4.78, 5) is 40.9. The van der Waals surface area contributed by atoms with E-state index in [0.717, 1.165) is 38.5 Å². The molecule has 178 valence electrons. The normalized spacial score (nSPS) is 10.6. The fraction of sp³-hybridized carbons (Fsp3) is 0.826. The van der Waals surface area contributed by atoms with Gasteiger partial charge in [0.15, 0.2) is 0 Å². The zero-order valence-electron chi connectivity index (χ0n) is 19.4. The molecule has 1 atom stereocenters. The lowest BCUT2D eigenvalue weighted by Gasteiger charge is -2.11. The molecule has 0 fully saturated rings. The van der Waals surface area contributed by atoms with Crippen molar-refractivity contribution in [3.05, 3.63) is 0 Å². The van der Waals surface area contributed by atoms with E-state index in [2.05, 4.69) is 5.32 Å². The molecule has 7 heteroatoms. The Bertz CT molecular complexity index is 414. The molecule has 0 saturated carbocycles. The van der Waals surface area contributed by atoms with Gasteiger partial charge in [0.1, 0.15) is 12.8 Å². The Hall–Kier alpha value is -1.92. The van der Waals surface area contributed by atoms with Crippen molar-refractivity contribution in [2.45, 2.75) is 123 Å². The summed E-state index contributed by atoms with van der Waals surface area (Å²) in [6.07, 6.45) is 14.3. The molecule has 3 N–H and O–H groups in total. The summed E-state index contributed by atoms with van der Waals surface area (Å²) < 4.78 is 0. The molecule has 0 bridgehead atoms. The fourth-order valence-corrected chi connectivity index (χ4v) is 2.93. The van der Waals surface area contributed by atoms with Crippen molar-refractivity contribution in [3.63, 3.8) is 0 Å². The van der Waals surface area contributed by atoms with Crippen LogP contribution < -0.4 is 5.32 Å². The second-order valence-electron chi connectivity index (χ2n) is 7.00. The lowest BCUT2D eigenvalue weighted by Crippen LogP contribution is -2.40. The van der Waals surface area contributed by atoms with Crippen molar-refractivity contribution in [3.8, 4) is 0 Å². The molecule has 1 amide bonds. The summed E-state index contributed by atoms with van der Waals surface area (Å²) in [5, 5.41) is 20.0.